The third-order valence-corrected chi connectivity index (χ3v) is 6.53. The second-order valence-electron chi connectivity index (χ2n) is 7.65. The largest absolute Gasteiger partial charge is 0.355 e. The normalized spacial score (nSPS) is 17.9. The Kier molecular flexibility index (Phi) is 7.78. The fraction of sp³-hybridized carbons (Fsp3) is 0.571. The Morgan fingerprint density at radius 3 is 2.31 bits per heavy atom. The highest BCUT2D eigenvalue weighted by Gasteiger charge is 2.26. The van der Waals surface area contributed by atoms with Gasteiger partial charge in [0.25, 0.3) is 5.91 Å². The molecule has 1 aromatic rings. The van der Waals surface area contributed by atoms with Crippen LogP contribution in [-0.2, 0) is 9.59 Å². The average molecular weight is 440 g/mol. The predicted octanol–water partition coefficient (Wildman–Crippen LogP) is 3.36. The topological polar surface area (TPSA) is 69.7 Å². The predicted molar refractivity (Wildman–Crippen MR) is 113 cm³/mol. The van der Waals surface area contributed by atoms with Crippen LogP contribution in [0.3, 0.4) is 0 Å². The number of piperazine rings is 1. The first-order chi connectivity index (χ1) is 14.0. The summed E-state index contributed by atoms with van der Waals surface area (Å²) < 4.78 is 0. The summed E-state index contributed by atoms with van der Waals surface area (Å²) >= 11 is 12.1. The zero-order valence-corrected chi connectivity index (χ0v) is 18.0. The molecule has 0 radical (unpaired) electrons. The molecule has 1 aromatic carbocycles. The van der Waals surface area contributed by atoms with Crippen LogP contribution in [0, 0.1) is 5.92 Å². The summed E-state index contributed by atoms with van der Waals surface area (Å²) in [5, 5.41) is 3.51. The van der Waals surface area contributed by atoms with E-state index in [-0.39, 0.29) is 35.1 Å². The molecule has 0 spiro atoms. The molecule has 3 amide bonds. The number of nitrogens with zero attached hydrogens (tertiary/aromatic N) is 2. The summed E-state index contributed by atoms with van der Waals surface area (Å²) in [4.78, 5) is 40.7. The van der Waals surface area contributed by atoms with Crippen LogP contribution in [0.2, 0.25) is 10.0 Å². The second-order valence-corrected chi connectivity index (χ2v) is 8.44. The maximum atomic E-state index is 12.7. The number of rotatable bonds is 5. The van der Waals surface area contributed by atoms with Crippen LogP contribution < -0.4 is 5.32 Å². The molecule has 1 aliphatic heterocycles. The van der Waals surface area contributed by atoms with Gasteiger partial charge in [-0.3, -0.25) is 14.4 Å². The van der Waals surface area contributed by atoms with Gasteiger partial charge in [-0.05, 0) is 25.0 Å². The Morgan fingerprint density at radius 2 is 1.62 bits per heavy atom. The van der Waals surface area contributed by atoms with Gasteiger partial charge in [0.1, 0.15) is 0 Å². The fourth-order valence-corrected chi connectivity index (χ4v) is 4.34. The molecule has 0 aromatic heterocycles. The number of nitrogens with one attached hydrogen (secondary N) is 1. The fourth-order valence-electron chi connectivity index (χ4n) is 3.96. The summed E-state index contributed by atoms with van der Waals surface area (Å²) in [6, 6.07) is 5.00. The van der Waals surface area contributed by atoms with E-state index in [0.29, 0.717) is 43.3 Å². The molecule has 6 nitrogen and oxygen atoms in total. The number of amides is 3. The molecule has 1 saturated heterocycles. The van der Waals surface area contributed by atoms with Crippen LogP contribution in [0.15, 0.2) is 18.2 Å². The van der Waals surface area contributed by atoms with Gasteiger partial charge in [0.05, 0.1) is 15.6 Å². The summed E-state index contributed by atoms with van der Waals surface area (Å²) in [6.45, 7) is 2.20. The van der Waals surface area contributed by atoms with Crippen molar-refractivity contribution < 1.29 is 14.4 Å². The molecule has 8 heteroatoms. The lowest BCUT2D eigenvalue weighted by molar-refractivity contribution is -0.132. The maximum Gasteiger partial charge on any atom is 0.255 e. The van der Waals surface area contributed by atoms with Crippen LogP contribution in [0.5, 0.6) is 0 Å². The van der Waals surface area contributed by atoms with E-state index in [0.717, 1.165) is 25.7 Å². The monoisotopic (exact) mass is 439 g/mol. The van der Waals surface area contributed by atoms with E-state index in [9.17, 15) is 14.4 Å². The Bertz CT molecular complexity index is 758. The third-order valence-electron chi connectivity index (χ3n) is 5.72. The number of halogens is 2. The summed E-state index contributed by atoms with van der Waals surface area (Å²) in [7, 11) is 0. The lowest BCUT2D eigenvalue weighted by Gasteiger charge is -2.35. The van der Waals surface area contributed by atoms with Gasteiger partial charge in [-0.15, -0.1) is 0 Å². The molecule has 0 atom stereocenters. The van der Waals surface area contributed by atoms with E-state index in [4.69, 9.17) is 23.2 Å². The van der Waals surface area contributed by atoms with Crippen molar-refractivity contribution in [1.29, 1.82) is 0 Å². The van der Waals surface area contributed by atoms with E-state index in [2.05, 4.69) is 5.32 Å². The smallest absolute Gasteiger partial charge is 0.255 e. The molecular formula is C21H27Cl2N3O3. The molecular weight excluding hydrogens is 413 g/mol. The second kappa shape index (κ2) is 10.3. The first kappa shape index (κ1) is 21.9. The van der Waals surface area contributed by atoms with Crippen molar-refractivity contribution in [2.24, 2.45) is 5.92 Å². The molecule has 0 unspecified atom stereocenters. The first-order valence-electron chi connectivity index (χ1n) is 10.3. The SMILES string of the molecule is O=C(NCCC(=O)N1CCN(C(=O)c2cccc(Cl)c2Cl)CC1)C1CCCCC1. The van der Waals surface area contributed by atoms with Crippen LogP contribution in [-0.4, -0.2) is 60.2 Å². The highest BCUT2D eigenvalue weighted by Crippen LogP contribution is 2.27. The van der Waals surface area contributed by atoms with E-state index in [1.807, 2.05) is 0 Å². The van der Waals surface area contributed by atoms with Crippen LogP contribution in [0.25, 0.3) is 0 Å². The van der Waals surface area contributed by atoms with Crippen molar-refractivity contribution >= 4 is 40.9 Å². The molecule has 1 aliphatic carbocycles. The van der Waals surface area contributed by atoms with Crippen molar-refractivity contribution in [3.05, 3.63) is 33.8 Å². The number of benzene rings is 1. The average Bonchev–Trinajstić information content (AvgIpc) is 2.75. The first-order valence-corrected chi connectivity index (χ1v) is 11.0. The molecule has 0 bridgehead atoms. The van der Waals surface area contributed by atoms with E-state index >= 15 is 0 Å². The lowest BCUT2D eigenvalue weighted by atomic mass is 9.89. The van der Waals surface area contributed by atoms with E-state index < -0.39 is 0 Å². The Labute approximate surface area is 181 Å². The van der Waals surface area contributed by atoms with Crippen molar-refractivity contribution in [2.75, 3.05) is 32.7 Å². The molecule has 1 heterocycles. The van der Waals surface area contributed by atoms with E-state index in [1.54, 1.807) is 28.0 Å². The number of hydrogen-bond acceptors (Lipinski definition) is 3. The van der Waals surface area contributed by atoms with Crippen LogP contribution >= 0.6 is 23.2 Å². The highest BCUT2D eigenvalue weighted by atomic mass is 35.5. The van der Waals surface area contributed by atoms with Crippen molar-refractivity contribution in [3.8, 4) is 0 Å². The highest BCUT2D eigenvalue weighted by molar-refractivity contribution is 6.43. The summed E-state index contributed by atoms with van der Waals surface area (Å²) in [5.41, 5.74) is 0.379. The van der Waals surface area contributed by atoms with Crippen molar-refractivity contribution in [1.82, 2.24) is 15.1 Å². The summed E-state index contributed by atoms with van der Waals surface area (Å²) in [6.07, 6.45) is 5.62. The lowest BCUT2D eigenvalue weighted by Crippen LogP contribution is -2.51. The van der Waals surface area contributed by atoms with Gasteiger partial charge in [0.2, 0.25) is 11.8 Å². The number of carbonyl (C=O) groups is 3. The van der Waals surface area contributed by atoms with Gasteiger partial charge < -0.3 is 15.1 Å². The molecule has 1 saturated carbocycles. The minimum atomic E-state index is -0.177. The molecule has 29 heavy (non-hydrogen) atoms. The zero-order valence-electron chi connectivity index (χ0n) is 16.5. The number of hydrogen-bond donors (Lipinski definition) is 1. The van der Waals surface area contributed by atoms with Crippen molar-refractivity contribution in [2.45, 2.75) is 38.5 Å². The standard InChI is InChI=1S/C21H27Cl2N3O3/c22-17-8-4-7-16(19(17)23)21(29)26-13-11-25(12-14-26)18(27)9-10-24-20(28)15-5-2-1-3-6-15/h4,7-8,15H,1-3,5-6,9-14H2,(H,24,28). The molecule has 3 rings (SSSR count). The third kappa shape index (κ3) is 5.64. The Balaban J connectivity index is 1.41. The van der Waals surface area contributed by atoms with Gasteiger partial charge in [0.15, 0.2) is 0 Å². The van der Waals surface area contributed by atoms with Gasteiger partial charge in [-0.25, -0.2) is 0 Å². The Hall–Kier alpha value is -1.79. The van der Waals surface area contributed by atoms with Crippen molar-refractivity contribution in [3.63, 3.8) is 0 Å². The van der Waals surface area contributed by atoms with Gasteiger partial charge >= 0.3 is 0 Å². The quantitative estimate of drug-likeness (QED) is 0.764. The maximum absolute atomic E-state index is 12.7. The van der Waals surface area contributed by atoms with Crippen LogP contribution in [0.4, 0.5) is 0 Å². The molecule has 2 fully saturated rings. The van der Waals surface area contributed by atoms with Gasteiger partial charge in [-0.2, -0.15) is 0 Å². The van der Waals surface area contributed by atoms with Gasteiger partial charge in [-0.1, -0.05) is 48.5 Å². The van der Waals surface area contributed by atoms with Crippen LogP contribution in [0.1, 0.15) is 48.9 Å². The van der Waals surface area contributed by atoms with Gasteiger partial charge in [0, 0.05) is 45.1 Å². The van der Waals surface area contributed by atoms with E-state index in [1.165, 1.54) is 6.42 Å². The zero-order chi connectivity index (χ0) is 20.8. The molecule has 2 aliphatic rings. The Morgan fingerprint density at radius 1 is 0.966 bits per heavy atom. The summed E-state index contributed by atoms with van der Waals surface area (Å²) in [5.74, 6) is 0.00390. The molecule has 1 N–H and O–H groups in total. The molecule has 158 valence electrons. The number of carbonyl (C=O) groups excluding carboxylic acids is 3. The minimum absolute atomic E-state index is 0.00170. The minimum Gasteiger partial charge on any atom is -0.355 e.